The van der Waals surface area contributed by atoms with E-state index in [9.17, 15) is 4.79 Å². The Kier molecular flexibility index (Phi) is 5.63. The van der Waals surface area contributed by atoms with Crippen LogP contribution in [0.2, 0.25) is 0 Å². The van der Waals surface area contributed by atoms with Crippen LogP contribution in [0, 0.1) is 5.92 Å². The van der Waals surface area contributed by atoms with Crippen molar-refractivity contribution in [1.82, 2.24) is 9.88 Å². The molecule has 1 atom stereocenters. The first-order valence-electron chi connectivity index (χ1n) is 5.90. The van der Waals surface area contributed by atoms with E-state index in [1.54, 1.807) is 13.1 Å². The van der Waals surface area contributed by atoms with E-state index >= 15 is 0 Å². The Balaban J connectivity index is 2.22. The van der Waals surface area contributed by atoms with Gasteiger partial charge in [-0.15, -0.1) is 0 Å². The van der Waals surface area contributed by atoms with Gasteiger partial charge in [0.2, 0.25) is 0 Å². The second kappa shape index (κ2) is 7.01. The molecule has 17 heavy (non-hydrogen) atoms. The molecule has 1 heterocycles. The minimum atomic E-state index is -0.717. The van der Waals surface area contributed by atoms with E-state index in [2.05, 4.69) is 16.0 Å². The molecule has 4 heteroatoms. The van der Waals surface area contributed by atoms with Crippen LogP contribution in [0.1, 0.15) is 18.9 Å². The predicted octanol–water partition coefficient (Wildman–Crippen LogP) is 1.67. The molecule has 0 aliphatic heterocycles. The first kappa shape index (κ1) is 13.6. The average molecular weight is 236 g/mol. The van der Waals surface area contributed by atoms with Crippen molar-refractivity contribution >= 4 is 5.97 Å². The van der Waals surface area contributed by atoms with Crippen LogP contribution in [-0.4, -0.2) is 41.1 Å². The number of pyridine rings is 1. The van der Waals surface area contributed by atoms with Crippen molar-refractivity contribution in [3.63, 3.8) is 0 Å². The maximum Gasteiger partial charge on any atom is 0.306 e. The third kappa shape index (κ3) is 5.45. The summed E-state index contributed by atoms with van der Waals surface area (Å²) in [6.07, 6.45) is 5.28. The molecule has 0 aliphatic carbocycles. The maximum absolute atomic E-state index is 10.7. The van der Waals surface area contributed by atoms with Crippen molar-refractivity contribution in [3.05, 3.63) is 30.1 Å². The monoisotopic (exact) mass is 236 g/mol. The van der Waals surface area contributed by atoms with Crippen molar-refractivity contribution in [2.45, 2.75) is 19.8 Å². The van der Waals surface area contributed by atoms with Crippen LogP contribution in [0.5, 0.6) is 0 Å². The van der Waals surface area contributed by atoms with Gasteiger partial charge in [-0.2, -0.15) is 0 Å². The molecule has 94 valence electrons. The summed E-state index contributed by atoms with van der Waals surface area (Å²) >= 11 is 0. The zero-order valence-corrected chi connectivity index (χ0v) is 10.5. The van der Waals surface area contributed by atoms with E-state index in [0.29, 0.717) is 6.42 Å². The van der Waals surface area contributed by atoms with Crippen LogP contribution in [0.3, 0.4) is 0 Å². The Morgan fingerprint density at radius 1 is 1.53 bits per heavy atom. The molecule has 0 bridgehead atoms. The summed E-state index contributed by atoms with van der Waals surface area (Å²) < 4.78 is 0. The second-order valence-electron chi connectivity index (χ2n) is 4.44. The van der Waals surface area contributed by atoms with E-state index in [1.165, 1.54) is 5.56 Å². The molecule has 1 aromatic rings. The van der Waals surface area contributed by atoms with Gasteiger partial charge in [0.05, 0.1) is 5.92 Å². The number of carboxylic acids is 1. The standard InChI is InChI=1S/C13H20N2O2/c1-11(13(16)17)5-8-15(2)9-6-12-4-3-7-14-10-12/h3-4,7,10-11H,5-6,8-9H2,1-2H3,(H,16,17). The predicted molar refractivity (Wildman–Crippen MR) is 66.9 cm³/mol. The number of hydrogen-bond donors (Lipinski definition) is 1. The van der Waals surface area contributed by atoms with Crippen molar-refractivity contribution in [2.75, 3.05) is 20.1 Å². The van der Waals surface area contributed by atoms with E-state index < -0.39 is 5.97 Å². The molecule has 1 N–H and O–H groups in total. The number of carbonyl (C=O) groups is 1. The number of aliphatic carboxylic acids is 1. The smallest absolute Gasteiger partial charge is 0.306 e. The Morgan fingerprint density at radius 3 is 2.88 bits per heavy atom. The van der Waals surface area contributed by atoms with Crippen LogP contribution in [0.25, 0.3) is 0 Å². The first-order valence-corrected chi connectivity index (χ1v) is 5.90. The number of rotatable bonds is 7. The summed E-state index contributed by atoms with van der Waals surface area (Å²) in [5.74, 6) is -0.985. The van der Waals surface area contributed by atoms with Crippen molar-refractivity contribution < 1.29 is 9.90 Å². The lowest BCUT2D eigenvalue weighted by Gasteiger charge is -2.17. The molecule has 0 radical (unpaired) electrons. The number of aromatic nitrogens is 1. The fraction of sp³-hybridized carbons (Fsp3) is 0.538. The summed E-state index contributed by atoms with van der Waals surface area (Å²) in [6, 6.07) is 3.99. The summed E-state index contributed by atoms with van der Waals surface area (Å²) in [4.78, 5) is 16.9. The fourth-order valence-electron chi connectivity index (χ4n) is 1.52. The highest BCUT2D eigenvalue weighted by Crippen LogP contribution is 2.04. The molecule has 0 spiro atoms. The van der Waals surface area contributed by atoms with Crippen LogP contribution < -0.4 is 0 Å². The van der Waals surface area contributed by atoms with Crippen LogP contribution in [0.4, 0.5) is 0 Å². The maximum atomic E-state index is 10.7. The van der Waals surface area contributed by atoms with E-state index in [0.717, 1.165) is 19.5 Å². The van der Waals surface area contributed by atoms with Crippen molar-refractivity contribution in [3.8, 4) is 0 Å². The molecular formula is C13H20N2O2. The molecule has 0 aliphatic rings. The lowest BCUT2D eigenvalue weighted by atomic mass is 10.1. The Bertz CT molecular complexity index is 341. The highest BCUT2D eigenvalue weighted by molar-refractivity contribution is 5.69. The van der Waals surface area contributed by atoms with Crippen LogP contribution in [-0.2, 0) is 11.2 Å². The summed E-state index contributed by atoms with van der Waals surface area (Å²) in [5, 5.41) is 8.78. The van der Waals surface area contributed by atoms with Crippen LogP contribution in [0.15, 0.2) is 24.5 Å². The molecular weight excluding hydrogens is 216 g/mol. The molecule has 0 amide bonds. The second-order valence-corrected chi connectivity index (χ2v) is 4.44. The normalized spacial score (nSPS) is 12.6. The van der Waals surface area contributed by atoms with Crippen molar-refractivity contribution in [1.29, 1.82) is 0 Å². The third-order valence-electron chi connectivity index (χ3n) is 2.87. The Labute approximate surface area is 102 Å². The molecule has 0 saturated carbocycles. The number of likely N-dealkylation sites (N-methyl/N-ethyl adjacent to an activating group) is 1. The molecule has 0 aromatic carbocycles. The molecule has 0 fully saturated rings. The van der Waals surface area contributed by atoms with Gasteiger partial charge in [-0.1, -0.05) is 13.0 Å². The molecule has 1 rings (SSSR count). The zero-order chi connectivity index (χ0) is 12.7. The van der Waals surface area contributed by atoms with E-state index in [-0.39, 0.29) is 5.92 Å². The minimum Gasteiger partial charge on any atom is -0.481 e. The summed E-state index contributed by atoms with van der Waals surface area (Å²) in [7, 11) is 2.02. The van der Waals surface area contributed by atoms with Gasteiger partial charge in [0.1, 0.15) is 0 Å². The SMILES string of the molecule is CC(CCN(C)CCc1cccnc1)C(=O)O. The summed E-state index contributed by atoms with van der Waals surface area (Å²) in [5.41, 5.74) is 1.21. The topological polar surface area (TPSA) is 53.4 Å². The largest absolute Gasteiger partial charge is 0.481 e. The van der Waals surface area contributed by atoms with Gasteiger partial charge in [-0.25, -0.2) is 0 Å². The molecule has 4 nitrogen and oxygen atoms in total. The van der Waals surface area contributed by atoms with Crippen LogP contribution >= 0.6 is 0 Å². The number of carboxylic acid groups (broad SMARTS) is 1. The van der Waals surface area contributed by atoms with Gasteiger partial charge in [-0.3, -0.25) is 9.78 Å². The third-order valence-corrected chi connectivity index (χ3v) is 2.87. The number of nitrogens with zero attached hydrogens (tertiary/aromatic N) is 2. The van der Waals surface area contributed by atoms with Crippen molar-refractivity contribution in [2.24, 2.45) is 5.92 Å². The van der Waals surface area contributed by atoms with E-state index in [1.807, 2.05) is 19.3 Å². The number of hydrogen-bond acceptors (Lipinski definition) is 3. The van der Waals surface area contributed by atoms with Gasteiger partial charge < -0.3 is 10.0 Å². The Morgan fingerprint density at radius 2 is 2.29 bits per heavy atom. The van der Waals surface area contributed by atoms with Gasteiger partial charge in [0, 0.05) is 18.9 Å². The van der Waals surface area contributed by atoms with Gasteiger partial charge in [0.15, 0.2) is 0 Å². The minimum absolute atomic E-state index is 0.268. The van der Waals surface area contributed by atoms with Gasteiger partial charge in [0.25, 0.3) is 0 Å². The molecule has 0 saturated heterocycles. The van der Waals surface area contributed by atoms with Gasteiger partial charge >= 0.3 is 5.97 Å². The lowest BCUT2D eigenvalue weighted by molar-refractivity contribution is -0.141. The summed E-state index contributed by atoms with van der Waals surface area (Å²) in [6.45, 7) is 3.49. The lowest BCUT2D eigenvalue weighted by Crippen LogP contribution is -2.25. The van der Waals surface area contributed by atoms with E-state index in [4.69, 9.17) is 5.11 Å². The highest BCUT2D eigenvalue weighted by Gasteiger charge is 2.11. The first-order chi connectivity index (χ1) is 8.09. The highest BCUT2D eigenvalue weighted by atomic mass is 16.4. The fourth-order valence-corrected chi connectivity index (χ4v) is 1.52. The quantitative estimate of drug-likeness (QED) is 0.782. The molecule has 1 aromatic heterocycles. The Hall–Kier alpha value is -1.42. The zero-order valence-electron chi connectivity index (χ0n) is 10.5. The average Bonchev–Trinajstić information content (AvgIpc) is 2.34. The van der Waals surface area contributed by atoms with Gasteiger partial charge in [-0.05, 0) is 38.1 Å². The molecule has 1 unspecified atom stereocenters.